The molecule has 0 atom stereocenters. The molecule has 2 aromatic rings. The van der Waals surface area contributed by atoms with Crippen molar-refractivity contribution in [2.75, 3.05) is 17.2 Å². The minimum atomic E-state index is -0.296. The van der Waals surface area contributed by atoms with Crippen molar-refractivity contribution in [3.05, 3.63) is 58.3 Å². The Balaban J connectivity index is 1.82. The van der Waals surface area contributed by atoms with Crippen LogP contribution in [0.5, 0.6) is 0 Å². The first-order valence-corrected chi connectivity index (χ1v) is 7.39. The first kappa shape index (κ1) is 15.5. The van der Waals surface area contributed by atoms with Crippen molar-refractivity contribution in [3.8, 4) is 0 Å². The number of aryl methyl sites for hydroxylation is 1. The molecule has 0 unspecified atom stereocenters. The average molecular weight is 351 g/mol. The van der Waals surface area contributed by atoms with E-state index in [0.29, 0.717) is 18.7 Å². The molecule has 0 bridgehead atoms. The number of anilines is 2. The lowest BCUT2D eigenvalue weighted by atomic mass is 10.2. The lowest BCUT2D eigenvalue weighted by molar-refractivity contribution is -0.115. The van der Waals surface area contributed by atoms with E-state index in [-0.39, 0.29) is 11.7 Å². The SMILES string of the molecule is Cc1cc(Br)ccc1NC(=O)CCNc1cccc(F)c1. The van der Waals surface area contributed by atoms with Gasteiger partial charge in [0.25, 0.3) is 0 Å². The number of benzene rings is 2. The maximum atomic E-state index is 13.0. The van der Waals surface area contributed by atoms with E-state index in [4.69, 9.17) is 0 Å². The van der Waals surface area contributed by atoms with Gasteiger partial charge in [-0.3, -0.25) is 4.79 Å². The summed E-state index contributed by atoms with van der Waals surface area (Å²) in [4.78, 5) is 11.9. The molecule has 2 aromatic carbocycles. The Morgan fingerprint density at radius 2 is 2.05 bits per heavy atom. The zero-order valence-corrected chi connectivity index (χ0v) is 13.2. The van der Waals surface area contributed by atoms with Crippen LogP contribution in [0.3, 0.4) is 0 Å². The molecule has 21 heavy (non-hydrogen) atoms. The molecule has 0 aliphatic heterocycles. The largest absolute Gasteiger partial charge is 0.384 e. The molecule has 110 valence electrons. The van der Waals surface area contributed by atoms with Gasteiger partial charge in [-0.2, -0.15) is 0 Å². The molecule has 2 rings (SSSR count). The van der Waals surface area contributed by atoms with Crippen molar-refractivity contribution in [1.82, 2.24) is 0 Å². The smallest absolute Gasteiger partial charge is 0.226 e. The summed E-state index contributed by atoms with van der Waals surface area (Å²) in [5.74, 6) is -0.376. The van der Waals surface area contributed by atoms with Gasteiger partial charge in [0.2, 0.25) is 5.91 Å². The predicted octanol–water partition coefficient (Wildman–Crippen LogP) is 4.34. The van der Waals surface area contributed by atoms with Crippen LogP contribution < -0.4 is 10.6 Å². The Bertz CT molecular complexity index is 646. The number of carbonyl (C=O) groups is 1. The maximum Gasteiger partial charge on any atom is 0.226 e. The summed E-state index contributed by atoms with van der Waals surface area (Å²) in [7, 11) is 0. The minimum absolute atomic E-state index is 0.0793. The molecule has 2 N–H and O–H groups in total. The summed E-state index contributed by atoms with van der Waals surface area (Å²) in [5.41, 5.74) is 2.47. The monoisotopic (exact) mass is 350 g/mol. The molecule has 0 spiro atoms. The molecule has 0 heterocycles. The molecule has 0 saturated heterocycles. The first-order valence-electron chi connectivity index (χ1n) is 6.60. The topological polar surface area (TPSA) is 41.1 Å². The summed E-state index contributed by atoms with van der Waals surface area (Å²) in [6, 6.07) is 11.9. The lowest BCUT2D eigenvalue weighted by Crippen LogP contribution is -2.16. The quantitative estimate of drug-likeness (QED) is 0.842. The van der Waals surface area contributed by atoms with E-state index in [1.54, 1.807) is 12.1 Å². The van der Waals surface area contributed by atoms with Gasteiger partial charge in [0.05, 0.1) is 0 Å². The second-order valence-corrected chi connectivity index (χ2v) is 5.61. The van der Waals surface area contributed by atoms with Gasteiger partial charge >= 0.3 is 0 Å². The number of rotatable bonds is 5. The summed E-state index contributed by atoms with van der Waals surface area (Å²) >= 11 is 3.38. The Morgan fingerprint density at radius 3 is 2.76 bits per heavy atom. The van der Waals surface area contributed by atoms with Crippen LogP contribution in [0.15, 0.2) is 46.9 Å². The highest BCUT2D eigenvalue weighted by Gasteiger charge is 2.05. The molecular formula is C16H16BrFN2O. The van der Waals surface area contributed by atoms with E-state index < -0.39 is 0 Å². The van der Waals surface area contributed by atoms with Gasteiger partial charge in [-0.25, -0.2) is 4.39 Å². The highest BCUT2D eigenvalue weighted by atomic mass is 79.9. The molecule has 3 nitrogen and oxygen atoms in total. The summed E-state index contributed by atoms with van der Waals surface area (Å²) in [5, 5.41) is 5.88. The van der Waals surface area contributed by atoms with Crippen molar-refractivity contribution in [2.45, 2.75) is 13.3 Å². The van der Waals surface area contributed by atoms with Gasteiger partial charge < -0.3 is 10.6 Å². The van der Waals surface area contributed by atoms with Gasteiger partial charge in [-0.05, 0) is 48.9 Å². The standard InChI is InChI=1S/C16H16BrFN2O/c1-11-9-12(17)5-6-15(11)20-16(21)7-8-19-14-4-2-3-13(18)10-14/h2-6,9-10,19H,7-8H2,1H3,(H,20,21). The second-order valence-electron chi connectivity index (χ2n) is 4.69. The summed E-state index contributed by atoms with van der Waals surface area (Å²) < 4.78 is 14.0. The molecule has 0 saturated carbocycles. The van der Waals surface area contributed by atoms with Gasteiger partial charge in [0.1, 0.15) is 5.82 Å². The van der Waals surface area contributed by atoms with Crippen molar-refractivity contribution >= 4 is 33.2 Å². The molecule has 0 aromatic heterocycles. The first-order chi connectivity index (χ1) is 10.0. The predicted molar refractivity (Wildman–Crippen MR) is 87.0 cm³/mol. The maximum absolute atomic E-state index is 13.0. The third kappa shape index (κ3) is 4.86. The van der Waals surface area contributed by atoms with Crippen LogP contribution in [-0.2, 0) is 4.79 Å². The number of hydrogen-bond acceptors (Lipinski definition) is 2. The van der Waals surface area contributed by atoms with Crippen molar-refractivity contribution in [3.63, 3.8) is 0 Å². The van der Waals surface area contributed by atoms with E-state index in [1.807, 2.05) is 25.1 Å². The Kier molecular flexibility index (Phi) is 5.33. The number of carbonyl (C=O) groups excluding carboxylic acids is 1. The minimum Gasteiger partial charge on any atom is -0.384 e. The number of nitrogens with one attached hydrogen (secondary N) is 2. The molecule has 0 fully saturated rings. The third-order valence-corrected chi connectivity index (χ3v) is 3.46. The molecular weight excluding hydrogens is 335 g/mol. The summed E-state index contributed by atoms with van der Waals surface area (Å²) in [6.45, 7) is 2.39. The average Bonchev–Trinajstić information content (AvgIpc) is 2.42. The molecule has 0 aliphatic carbocycles. The van der Waals surface area contributed by atoms with E-state index in [0.717, 1.165) is 15.7 Å². The fourth-order valence-electron chi connectivity index (χ4n) is 1.90. The highest BCUT2D eigenvalue weighted by molar-refractivity contribution is 9.10. The van der Waals surface area contributed by atoms with Gasteiger partial charge in [0, 0.05) is 28.8 Å². The van der Waals surface area contributed by atoms with E-state index >= 15 is 0 Å². The zero-order valence-electron chi connectivity index (χ0n) is 11.6. The lowest BCUT2D eigenvalue weighted by Gasteiger charge is -2.10. The summed E-state index contributed by atoms with van der Waals surface area (Å²) in [6.07, 6.45) is 0.312. The van der Waals surface area contributed by atoms with Crippen LogP contribution in [0.4, 0.5) is 15.8 Å². The Labute approximate surface area is 131 Å². The van der Waals surface area contributed by atoms with E-state index in [9.17, 15) is 9.18 Å². The van der Waals surface area contributed by atoms with Crippen LogP contribution in [-0.4, -0.2) is 12.5 Å². The zero-order chi connectivity index (χ0) is 15.2. The molecule has 5 heteroatoms. The second kappa shape index (κ2) is 7.22. The molecule has 1 amide bonds. The Hall–Kier alpha value is -1.88. The normalized spacial score (nSPS) is 10.2. The number of halogens is 2. The van der Waals surface area contributed by atoms with Crippen molar-refractivity contribution < 1.29 is 9.18 Å². The fraction of sp³-hybridized carbons (Fsp3) is 0.188. The molecule has 0 aliphatic rings. The van der Waals surface area contributed by atoms with Gasteiger partial charge in [-0.15, -0.1) is 0 Å². The van der Waals surface area contributed by atoms with Crippen LogP contribution in [0, 0.1) is 12.7 Å². The van der Waals surface area contributed by atoms with Crippen LogP contribution in [0.2, 0.25) is 0 Å². The van der Waals surface area contributed by atoms with Gasteiger partial charge in [-0.1, -0.05) is 22.0 Å². The molecule has 0 radical (unpaired) electrons. The highest BCUT2D eigenvalue weighted by Crippen LogP contribution is 2.20. The number of hydrogen-bond donors (Lipinski definition) is 2. The van der Waals surface area contributed by atoms with E-state index in [1.165, 1.54) is 12.1 Å². The Morgan fingerprint density at radius 1 is 1.24 bits per heavy atom. The van der Waals surface area contributed by atoms with Crippen LogP contribution in [0.25, 0.3) is 0 Å². The van der Waals surface area contributed by atoms with Crippen molar-refractivity contribution in [1.29, 1.82) is 0 Å². The van der Waals surface area contributed by atoms with E-state index in [2.05, 4.69) is 26.6 Å². The van der Waals surface area contributed by atoms with Crippen LogP contribution in [0.1, 0.15) is 12.0 Å². The number of amides is 1. The van der Waals surface area contributed by atoms with Crippen molar-refractivity contribution in [2.24, 2.45) is 0 Å². The third-order valence-electron chi connectivity index (χ3n) is 2.97. The van der Waals surface area contributed by atoms with Gasteiger partial charge in [0.15, 0.2) is 0 Å². The fourth-order valence-corrected chi connectivity index (χ4v) is 2.37. The van der Waals surface area contributed by atoms with Crippen LogP contribution >= 0.6 is 15.9 Å².